The number of hydrogen-bond acceptors (Lipinski definition) is 6. The van der Waals surface area contributed by atoms with Crippen LogP contribution >= 0.6 is 0 Å². The van der Waals surface area contributed by atoms with Crippen molar-refractivity contribution < 1.29 is 41.0 Å². The predicted molar refractivity (Wildman–Crippen MR) is 113 cm³/mol. The summed E-state index contributed by atoms with van der Waals surface area (Å²) in [5.41, 5.74) is 1.10. The summed E-state index contributed by atoms with van der Waals surface area (Å²) < 4.78 is 71.7. The van der Waals surface area contributed by atoms with Crippen molar-refractivity contribution in [2.45, 2.75) is 18.8 Å². The minimum absolute atomic E-state index is 0.0957. The zero-order chi connectivity index (χ0) is 25.8. The number of carbonyl (C=O) groups excluding carboxylic acids is 1. The smallest absolute Gasteiger partial charge is 0.475 e. The number of benzene rings is 1. The van der Waals surface area contributed by atoms with Crippen LogP contribution in [0, 0.1) is 0 Å². The van der Waals surface area contributed by atoms with E-state index in [0.717, 1.165) is 17.4 Å². The number of rotatable bonds is 4. The predicted octanol–water partition coefficient (Wildman–Crippen LogP) is 5.11. The first-order valence-electron chi connectivity index (χ1n) is 9.58. The number of carbonyl (C=O) groups is 2. The second-order valence-corrected chi connectivity index (χ2v) is 6.98. The minimum Gasteiger partial charge on any atom is -0.475 e. The lowest BCUT2D eigenvalue weighted by Crippen LogP contribution is -2.21. The summed E-state index contributed by atoms with van der Waals surface area (Å²) in [6.45, 7) is 0. The molecule has 3 aromatic rings. The molecule has 0 saturated carbocycles. The van der Waals surface area contributed by atoms with Crippen LogP contribution in [0.3, 0.4) is 0 Å². The Labute approximate surface area is 193 Å². The lowest BCUT2D eigenvalue weighted by molar-refractivity contribution is -0.192. The van der Waals surface area contributed by atoms with Crippen LogP contribution < -0.4 is 16.0 Å². The van der Waals surface area contributed by atoms with E-state index in [4.69, 9.17) is 9.90 Å². The van der Waals surface area contributed by atoms with E-state index >= 15 is 0 Å². The van der Waals surface area contributed by atoms with Crippen LogP contribution in [0.5, 0.6) is 0 Å². The lowest BCUT2D eigenvalue weighted by atomic mass is 10.1. The molecule has 4 N–H and O–H groups in total. The van der Waals surface area contributed by atoms with Gasteiger partial charge >= 0.3 is 18.3 Å². The van der Waals surface area contributed by atoms with Gasteiger partial charge in [0.2, 0.25) is 5.91 Å². The van der Waals surface area contributed by atoms with Crippen molar-refractivity contribution in [2.24, 2.45) is 0 Å². The quantitative estimate of drug-likeness (QED) is 0.369. The number of amides is 1. The van der Waals surface area contributed by atoms with Gasteiger partial charge in [0.15, 0.2) is 0 Å². The Kier molecular flexibility index (Phi) is 7.12. The van der Waals surface area contributed by atoms with Crippen LogP contribution in [0.15, 0.2) is 54.9 Å². The van der Waals surface area contributed by atoms with Crippen molar-refractivity contribution >= 4 is 40.6 Å². The number of nitrogens with zero attached hydrogens (tertiary/aromatic N) is 2. The third kappa shape index (κ3) is 6.82. The minimum atomic E-state index is -5.08. The van der Waals surface area contributed by atoms with Gasteiger partial charge in [0.25, 0.3) is 0 Å². The van der Waals surface area contributed by atoms with Gasteiger partial charge in [-0.25, -0.2) is 14.8 Å². The number of pyridine rings is 2. The van der Waals surface area contributed by atoms with Crippen molar-refractivity contribution in [1.82, 2.24) is 9.97 Å². The third-order valence-corrected chi connectivity index (χ3v) is 4.38. The summed E-state index contributed by atoms with van der Waals surface area (Å²) in [6.07, 6.45) is -7.14. The number of fused-ring (bicyclic) bond motifs is 1. The van der Waals surface area contributed by atoms with Gasteiger partial charge in [-0.3, -0.25) is 4.79 Å². The molecule has 0 radical (unpaired) electrons. The largest absolute Gasteiger partial charge is 0.490 e. The molecule has 0 saturated heterocycles. The number of nitrogens with one attached hydrogen (secondary N) is 3. The Hall–Kier alpha value is -4.36. The molecular formula is C21H15F6N5O3. The van der Waals surface area contributed by atoms with E-state index in [1.807, 2.05) is 0 Å². The van der Waals surface area contributed by atoms with E-state index < -0.39 is 23.9 Å². The van der Waals surface area contributed by atoms with Crippen molar-refractivity contribution in [3.63, 3.8) is 0 Å². The molecule has 35 heavy (non-hydrogen) atoms. The third-order valence-electron chi connectivity index (χ3n) is 4.38. The Morgan fingerprint density at radius 3 is 2.29 bits per heavy atom. The van der Waals surface area contributed by atoms with Crippen LogP contribution in [-0.2, 0) is 22.2 Å². The first-order chi connectivity index (χ1) is 16.3. The summed E-state index contributed by atoms with van der Waals surface area (Å²) in [6, 6.07) is 11.4. The van der Waals surface area contributed by atoms with Gasteiger partial charge in [0.05, 0.1) is 17.7 Å². The molecule has 1 aliphatic rings. The normalized spacial score (nSPS) is 12.7. The molecule has 0 fully saturated rings. The molecule has 1 aliphatic heterocycles. The molecule has 1 amide bonds. The average Bonchev–Trinajstić information content (AvgIpc) is 3.13. The topological polar surface area (TPSA) is 116 Å². The highest BCUT2D eigenvalue weighted by Crippen LogP contribution is 2.37. The number of hydrogen-bond donors (Lipinski definition) is 4. The van der Waals surface area contributed by atoms with E-state index in [9.17, 15) is 31.1 Å². The molecule has 4 rings (SSSR count). The van der Waals surface area contributed by atoms with E-state index in [0.29, 0.717) is 5.69 Å². The highest BCUT2D eigenvalue weighted by molar-refractivity contribution is 5.99. The molecule has 1 aromatic carbocycles. The molecule has 8 nitrogen and oxygen atoms in total. The van der Waals surface area contributed by atoms with Crippen molar-refractivity contribution in [2.75, 3.05) is 16.0 Å². The van der Waals surface area contributed by atoms with Gasteiger partial charge < -0.3 is 21.1 Å². The molecule has 2 aromatic heterocycles. The van der Waals surface area contributed by atoms with Crippen LogP contribution in [0.2, 0.25) is 0 Å². The Balaban J connectivity index is 0.000000429. The Bertz CT molecular complexity index is 1230. The number of aliphatic carboxylic acids is 1. The molecule has 0 unspecified atom stereocenters. The van der Waals surface area contributed by atoms with E-state index in [2.05, 4.69) is 25.9 Å². The first kappa shape index (κ1) is 25.3. The number of aromatic nitrogens is 2. The fraction of sp³-hybridized carbons (Fsp3) is 0.143. The Morgan fingerprint density at radius 2 is 1.69 bits per heavy atom. The van der Waals surface area contributed by atoms with Crippen molar-refractivity contribution in [3.8, 4) is 0 Å². The van der Waals surface area contributed by atoms with Crippen molar-refractivity contribution in [1.29, 1.82) is 0 Å². The lowest BCUT2D eigenvalue weighted by Gasteiger charge is -2.16. The molecule has 0 atom stereocenters. The molecule has 0 bridgehead atoms. The molecule has 14 heteroatoms. The van der Waals surface area contributed by atoms with Crippen LogP contribution in [0.25, 0.3) is 0 Å². The molecular weight excluding hydrogens is 484 g/mol. The number of anilines is 5. The van der Waals surface area contributed by atoms with Gasteiger partial charge in [-0.1, -0.05) is 6.07 Å². The fourth-order valence-electron chi connectivity index (χ4n) is 2.88. The summed E-state index contributed by atoms with van der Waals surface area (Å²) in [5.74, 6) is -2.34. The standard InChI is InChI=1S/C19H14F3N5O.C2HF3O2/c20-19(21,22)13-10-24-17(9-15(13)26-16-3-1-2-6-23-16)25-12-4-5-14-11(7-12)8-18(28)27-14;3-2(4,5)1(6)7/h1-7,9-10H,8H2,(H,27,28)(H2,23,24,25,26);(H,6,7). The summed E-state index contributed by atoms with van der Waals surface area (Å²) >= 11 is 0. The SMILES string of the molecule is O=C(O)C(F)(F)F.O=C1Cc2cc(Nc3cc(Nc4ccccn4)c(C(F)(F)F)cn3)ccc2N1. The monoisotopic (exact) mass is 499 g/mol. The van der Waals surface area contributed by atoms with Crippen LogP contribution in [0.4, 0.5) is 55.0 Å². The highest BCUT2D eigenvalue weighted by Gasteiger charge is 2.38. The summed E-state index contributed by atoms with van der Waals surface area (Å²) in [5, 5.41) is 15.5. The van der Waals surface area contributed by atoms with Gasteiger partial charge in [-0.15, -0.1) is 0 Å². The fourth-order valence-corrected chi connectivity index (χ4v) is 2.88. The summed E-state index contributed by atoms with van der Waals surface area (Å²) in [4.78, 5) is 28.2. The second-order valence-electron chi connectivity index (χ2n) is 6.98. The second kappa shape index (κ2) is 9.87. The van der Waals surface area contributed by atoms with E-state index in [1.165, 1.54) is 12.3 Å². The molecule has 3 heterocycles. The van der Waals surface area contributed by atoms with Crippen molar-refractivity contribution in [3.05, 3.63) is 66.0 Å². The van der Waals surface area contributed by atoms with E-state index in [1.54, 1.807) is 36.4 Å². The number of alkyl halides is 6. The summed E-state index contributed by atoms with van der Waals surface area (Å²) in [7, 11) is 0. The molecule has 184 valence electrons. The van der Waals surface area contributed by atoms with Gasteiger partial charge in [-0.05, 0) is 35.9 Å². The zero-order valence-electron chi connectivity index (χ0n) is 17.3. The molecule has 0 spiro atoms. The number of halogens is 6. The highest BCUT2D eigenvalue weighted by atomic mass is 19.4. The maximum atomic E-state index is 13.3. The Morgan fingerprint density at radius 1 is 0.971 bits per heavy atom. The maximum Gasteiger partial charge on any atom is 0.490 e. The van der Waals surface area contributed by atoms with Crippen LogP contribution in [-0.4, -0.2) is 33.1 Å². The van der Waals surface area contributed by atoms with Gasteiger partial charge in [0, 0.05) is 29.8 Å². The molecule has 0 aliphatic carbocycles. The average molecular weight is 499 g/mol. The van der Waals surface area contributed by atoms with Gasteiger partial charge in [0.1, 0.15) is 11.6 Å². The van der Waals surface area contributed by atoms with E-state index in [-0.39, 0.29) is 29.7 Å². The first-order valence-corrected chi connectivity index (χ1v) is 9.58. The number of carboxylic acid groups (broad SMARTS) is 1. The number of carboxylic acids is 1. The van der Waals surface area contributed by atoms with Gasteiger partial charge in [-0.2, -0.15) is 26.3 Å². The zero-order valence-corrected chi connectivity index (χ0v) is 17.3. The van der Waals surface area contributed by atoms with Crippen LogP contribution in [0.1, 0.15) is 11.1 Å². The maximum absolute atomic E-state index is 13.3.